The van der Waals surface area contributed by atoms with Gasteiger partial charge in [-0.1, -0.05) is 35.9 Å². The van der Waals surface area contributed by atoms with Gasteiger partial charge in [0.05, 0.1) is 16.8 Å². The van der Waals surface area contributed by atoms with Crippen molar-refractivity contribution in [2.24, 2.45) is 0 Å². The minimum Gasteiger partial charge on any atom is -0.311 e. The Morgan fingerprint density at radius 3 is 2.81 bits per heavy atom. The lowest BCUT2D eigenvalue weighted by atomic mass is 9.99. The minimum atomic E-state index is 0.107. The molecule has 2 heterocycles. The van der Waals surface area contributed by atoms with Crippen LogP contribution in [0, 0.1) is 0 Å². The van der Waals surface area contributed by atoms with E-state index in [1.54, 1.807) is 12.4 Å². The van der Waals surface area contributed by atoms with Crippen molar-refractivity contribution in [3.8, 4) is 0 Å². The van der Waals surface area contributed by atoms with Gasteiger partial charge in [0.25, 0.3) is 0 Å². The number of nitrogens with zero attached hydrogens (tertiary/aromatic N) is 2. The molecule has 1 aromatic carbocycles. The van der Waals surface area contributed by atoms with Crippen LogP contribution in [-0.4, -0.2) is 17.0 Å². The number of hydrogen-bond acceptors (Lipinski definition) is 3. The van der Waals surface area contributed by atoms with E-state index in [-0.39, 0.29) is 6.04 Å². The molecule has 0 aliphatic carbocycles. The van der Waals surface area contributed by atoms with E-state index in [4.69, 9.17) is 11.6 Å². The molecule has 0 amide bonds. The molecule has 0 saturated carbocycles. The maximum atomic E-state index is 6.22. The van der Waals surface area contributed by atoms with E-state index in [1.165, 1.54) is 10.8 Å². The molecule has 1 unspecified atom stereocenters. The molecule has 21 heavy (non-hydrogen) atoms. The van der Waals surface area contributed by atoms with Crippen LogP contribution in [0.15, 0.2) is 55.0 Å². The maximum absolute atomic E-state index is 6.22. The Kier molecular flexibility index (Phi) is 4.13. The standard InChI is InChI=1S/C17H16ClN3/c1-19-16(10-13-6-8-20-11-15(13)18)17-14-5-3-2-4-12(14)7-9-21-17/h2-9,11,16,19H,10H2,1H3. The zero-order valence-corrected chi connectivity index (χ0v) is 12.5. The van der Waals surface area contributed by atoms with Crippen molar-refractivity contribution in [3.63, 3.8) is 0 Å². The van der Waals surface area contributed by atoms with Gasteiger partial charge < -0.3 is 5.32 Å². The molecule has 4 heteroatoms. The SMILES string of the molecule is CNC(Cc1ccncc1Cl)c1nccc2ccccc12. The molecule has 1 atom stereocenters. The van der Waals surface area contributed by atoms with Crippen LogP contribution >= 0.6 is 11.6 Å². The summed E-state index contributed by atoms with van der Waals surface area (Å²) in [5.74, 6) is 0. The molecule has 0 aliphatic rings. The number of fused-ring (bicyclic) bond motifs is 1. The van der Waals surface area contributed by atoms with Crippen molar-refractivity contribution < 1.29 is 0 Å². The Bertz CT molecular complexity index is 752. The van der Waals surface area contributed by atoms with Crippen LogP contribution in [0.1, 0.15) is 17.3 Å². The molecule has 0 bridgehead atoms. The summed E-state index contributed by atoms with van der Waals surface area (Å²) >= 11 is 6.22. The highest BCUT2D eigenvalue weighted by Gasteiger charge is 2.16. The van der Waals surface area contributed by atoms with Gasteiger partial charge in [0.1, 0.15) is 0 Å². The third-order valence-electron chi connectivity index (χ3n) is 3.66. The van der Waals surface area contributed by atoms with E-state index < -0.39 is 0 Å². The molecule has 0 spiro atoms. The molecule has 0 aliphatic heterocycles. The lowest BCUT2D eigenvalue weighted by molar-refractivity contribution is 0.581. The van der Waals surface area contributed by atoms with Gasteiger partial charge in [-0.2, -0.15) is 0 Å². The normalized spacial score (nSPS) is 12.5. The quantitative estimate of drug-likeness (QED) is 0.796. The maximum Gasteiger partial charge on any atom is 0.0654 e. The Morgan fingerprint density at radius 1 is 1.14 bits per heavy atom. The van der Waals surface area contributed by atoms with Gasteiger partial charge in [-0.05, 0) is 36.6 Å². The number of hydrogen-bond donors (Lipinski definition) is 1. The monoisotopic (exact) mass is 297 g/mol. The number of nitrogens with one attached hydrogen (secondary N) is 1. The van der Waals surface area contributed by atoms with Gasteiger partial charge in [0.2, 0.25) is 0 Å². The van der Waals surface area contributed by atoms with Crippen molar-refractivity contribution >= 4 is 22.4 Å². The van der Waals surface area contributed by atoms with Gasteiger partial charge in [-0.15, -0.1) is 0 Å². The van der Waals surface area contributed by atoms with E-state index in [0.717, 1.165) is 17.7 Å². The third-order valence-corrected chi connectivity index (χ3v) is 4.00. The first kappa shape index (κ1) is 14.0. The molecule has 0 saturated heterocycles. The molecular formula is C17H16ClN3. The van der Waals surface area contributed by atoms with Gasteiger partial charge in [-0.25, -0.2) is 0 Å². The first-order valence-corrected chi connectivity index (χ1v) is 7.26. The largest absolute Gasteiger partial charge is 0.311 e. The fourth-order valence-corrected chi connectivity index (χ4v) is 2.74. The number of halogens is 1. The Morgan fingerprint density at radius 2 is 2.00 bits per heavy atom. The molecule has 1 N–H and O–H groups in total. The predicted octanol–water partition coefficient (Wildman–Crippen LogP) is 3.79. The van der Waals surface area contributed by atoms with Crippen LogP contribution in [0.5, 0.6) is 0 Å². The van der Waals surface area contributed by atoms with E-state index in [1.807, 2.05) is 37.5 Å². The van der Waals surface area contributed by atoms with Crippen LogP contribution in [0.4, 0.5) is 0 Å². The Balaban J connectivity index is 2.01. The smallest absolute Gasteiger partial charge is 0.0654 e. The number of pyridine rings is 2. The van der Waals surface area contributed by atoms with Gasteiger partial charge >= 0.3 is 0 Å². The molecule has 0 radical (unpaired) electrons. The lowest BCUT2D eigenvalue weighted by Crippen LogP contribution is -2.20. The van der Waals surface area contributed by atoms with Crippen molar-refractivity contribution in [2.75, 3.05) is 7.05 Å². The Labute approximate surface area is 129 Å². The second-order valence-corrected chi connectivity index (χ2v) is 5.34. The minimum absolute atomic E-state index is 0.107. The number of aromatic nitrogens is 2. The molecular weight excluding hydrogens is 282 g/mol. The first-order valence-electron chi connectivity index (χ1n) is 6.89. The van der Waals surface area contributed by atoms with Crippen LogP contribution in [0.25, 0.3) is 10.8 Å². The lowest BCUT2D eigenvalue weighted by Gasteiger charge is -2.18. The predicted molar refractivity (Wildman–Crippen MR) is 86.5 cm³/mol. The summed E-state index contributed by atoms with van der Waals surface area (Å²) in [5.41, 5.74) is 2.12. The zero-order chi connectivity index (χ0) is 14.7. The molecule has 3 rings (SSSR count). The van der Waals surface area contributed by atoms with Crippen molar-refractivity contribution in [3.05, 3.63) is 71.3 Å². The summed E-state index contributed by atoms with van der Waals surface area (Å²) in [6.45, 7) is 0. The van der Waals surface area contributed by atoms with Crippen LogP contribution < -0.4 is 5.32 Å². The average molecular weight is 298 g/mol. The van der Waals surface area contributed by atoms with Crippen LogP contribution in [0.3, 0.4) is 0 Å². The summed E-state index contributed by atoms with van der Waals surface area (Å²) in [6.07, 6.45) is 6.08. The molecule has 3 nitrogen and oxygen atoms in total. The summed E-state index contributed by atoms with van der Waals surface area (Å²) in [7, 11) is 1.95. The second kappa shape index (κ2) is 6.20. The summed E-state index contributed by atoms with van der Waals surface area (Å²) in [5, 5.41) is 6.41. The van der Waals surface area contributed by atoms with E-state index >= 15 is 0 Å². The summed E-state index contributed by atoms with van der Waals surface area (Å²) in [6, 6.07) is 12.4. The van der Waals surface area contributed by atoms with Gasteiger partial charge in [0, 0.05) is 24.0 Å². The first-order chi connectivity index (χ1) is 10.3. The Hall–Kier alpha value is -1.97. The summed E-state index contributed by atoms with van der Waals surface area (Å²) in [4.78, 5) is 8.62. The van der Waals surface area contributed by atoms with Crippen molar-refractivity contribution in [1.82, 2.24) is 15.3 Å². The molecule has 3 aromatic rings. The van der Waals surface area contributed by atoms with Crippen LogP contribution in [0.2, 0.25) is 5.02 Å². The molecule has 106 valence electrons. The second-order valence-electron chi connectivity index (χ2n) is 4.93. The zero-order valence-electron chi connectivity index (χ0n) is 11.8. The van der Waals surface area contributed by atoms with E-state index in [2.05, 4.69) is 27.4 Å². The van der Waals surface area contributed by atoms with Crippen molar-refractivity contribution in [1.29, 1.82) is 0 Å². The number of benzene rings is 1. The summed E-state index contributed by atoms with van der Waals surface area (Å²) < 4.78 is 0. The van der Waals surface area contributed by atoms with Gasteiger partial charge in [-0.3, -0.25) is 9.97 Å². The highest BCUT2D eigenvalue weighted by Crippen LogP contribution is 2.26. The van der Waals surface area contributed by atoms with E-state index in [0.29, 0.717) is 5.02 Å². The fraction of sp³-hybridized carbons (Fsp3) is 0.176. The topological polar surface area (TPSA) is 37.8 Å². The highest BCUT2D eigenvalue weighted by molar-refractivity contribution is 6.31. The fourth-order valence-electron chi connectivity index (χ4n) is 2.55. The van der Waals surface area contributed by atoms with Crippen LogP contribution in [-0.2, 0) is 6.42 Å². The number of rotatable bonds is 4. The van der Waals surface area contributed by atoms with Crippen molar-refractivity contribution in [2.45, 2.75) is 12.5 Å². The molecule has 0 fully saturated rings. The van der Waals surface area contributed by atoms with E-state index in [9.17, 15) is 0 Å². The average Bonchev–Trinajstić information content (AvgIpc) is 2.54. The van der Waals surface area contributed by atoms with Gasteiger partial charge in [0.15, 0.2) is 0 Å². The highest BCUT2D eigenvalue weighted by atomic mass is 35.5. The third kappa shape index (κ3) is 2.89. The molecule has 2 aromatic heterocycles. The number of likely N-dealkylation sites (N-methyl/N-ethyl adjacent to an activating group) is 1.